The maximum Gasteiger partial charge on any atom is 0.327 e. The highest BCUT2D eigenvalue weighted by atomic mass is 32.2. The first-order valence-electron chi connectivity index (χ1n) is 7.78. The van der Waals surface area contributed by atoms with E-state index in [0.29, 0.717) is 11.5 Å². The minimum absolute atomic E-state index is 0.0239. The molecular weight excluding hydrogens is 336 g/mol. The summed E-state index contributed by atoms with van der Waals surface area (Å²) >= 11 is 2.73. The van der Waals surface area contributed by atoms with Crippen LogP contribution in [0.15, 0.2) is 0 Å². The topological polar surface area (TPSA) is 77.9 Å². The first kappa shape index (κ1) is 18.6. The number of rotatable bonds is 4. The Balaban J connectivity index is 2.19. The summed E-state index contributed by atoms with van der Waals surface area (Å²) in [5, 5.41) is 9.50. The summed E-state index contributed by atoms with van der Waals surface area (Å²) in [5.41, 5.74) is 0. The normalized spacial score (nSPS) is 25.5. The molecule has 0 radical (unpaired) electrons. The first-order chi connectivity index (χ1) is 10.8. The van der Waals surface area contributed by atoms with Crippen LogP contribution in [-0.2, 0) is 14.4 Å². The fraction of sp³-hybridized carbons (Fsp3) is 0.800. The molecule has 2 aliphatic heterocycles. The monoisotopic (exact) mass is 360 g/mol. The summed E-state index contributed by atoms with van der Waals surface area (Å²) in [6.45, 7) is 4.98. The number of hydrogen-bond donors (Lipinski definition) is 1. The number of carboxylic acids is 1. The van der Waals surface area contributed by atoms with E-state index in [2.05, 4.69) is 4.90 Å². The third kappa shape index (κ3) is 4.03. The second-order valence-electron chi connectivity index (χ2n) is 6.33. The standard InChI is InChI=1S/C15H24N2O4S2/c1-10(8-22-11(2)18)13(19)17-12(14(20)21)9-23-15(17)4-6-16(3)7-5-15/h10,12H,4-9H2,1-3H3,(H,20,21)/t10-,12+/m1/s1. The zero-order valence-electron chi connectivity index (χ0n) is 13.8. The van der Waals surface area contributed by atoms with Crippen LogP contribution in [-0.4, -0.2) is 74.5 Å². The van der Waals surface area contributed by atoms with Crippen LogP contribution in [0.2, 0.25) is 0 Å². The third-order valence-electron chi connectivity index (χ3n) is 4.51. The van der Waals surface area contributed by atoms with E-state index in [1.54, 1.807) is 23.6 Å². The van der Waals surface area contributed by atoms with Gasteiger partial charge in [-0.3, -0.25) is 9.59 Å². The summed E-state index contributed by atoms with van der Waals surface area (Å²) in [5.74, 6) is -0.593. The molecule has 2 atom stereocenters. The Labute approximate surface area is 145 Å². The van der Waals surface area contributed by atoms with E-state index in [0.717, 1.165) is 37.7 Å². The fourth-order valence-electron chi connectivity index (χ4n) is 3.10. The number of carbonyl (C=O) groups is 3. The predicted molar refractivity (Wildman–Crippen MR) is 92.5 cm³/mol. The third-order valence-corrected chi connectivity index (χ3v) is 7.21. The molecule has 0 aliphatic carbocycles. The molecule has 1 amide bonds. The SMILES string of the molecule is CC(=O)SC[C@@H](C)C(=O)N1[C@H](C(=O)O)CSC12CCN(C)CC2. The van der Waals surface area contributed by atoms with Crippen molar-refractivity contribution in [2.75, 3.05) is 31.6 Å². The average Bonchev–Trinajstić information content (AvgIpc) is 2.86. The van der Waals surface area contributed by atoms with Crippen LogP contribution in [0.4, 0.5) is 0 Å². The molecule has 0 unspecified atom stereocenters. The van der Waals surface area contributed by atoms with Crippen LogP contribution in [0, 0.1) is 5.92 Å². The molecule has 0 aromatic carbocycles. The van der Waals surface area contributed by atoms with Gasteiger partial charge in [-0.25, -0.2) is 4.79 Å². The Hall–Kier alpha value is -0.730. The van der Waals surface area contributed by atoms with E-state index in [-0.39, 0.29) is 16.9 Å². The van der Waals surface area contributed by atoms with Gasteiger partial charge in [-0.1, -0.05) is 18.7 Å². The van der Waals surface area contributed by atoms with Gasteiger partial charge in [0.25, 0.3) is 0 Å². The molecule has 0 bridgehead atoms. The molecule has 1 spiro atoms. The van der Waals surface area contributed by atoms with E-state index in [4.69, 9.17) is 0 Å². The van der Waals surface area contributed by atoms with Crippen molar-refractivity contribution in [1.29, 1.82) is 0 Å². The minimum atomic E-state index is -0.937. The summed E-state index contributed by atoms with van der Waals surface area (Å²) in [4.78, 5) is 39.1. The minimum Gasteiger partial charge on any atom is -0.480 e. The second kappa shape index (κ2) is 7.44. The zero-order chi connectivity index (χ0) is 17.2. The van der Waals surface area contributed by atoms with Gasteiger partial charge in [-0.15, -0.1) is 11.8 Å². The van der Waals surface area contributed by atoms with E-state index >= 15 is 0 Å². The Bertz CT molecular complexity index is 492. The summed E-state index contributed by atoms with van der Waals surface area (Å²) in [7, 11) is 2.04. The smallest absolute Gasteiger partial charge is 0.327 e. The molecule has 6 nitrogen and oxygen atoms in total. The lowest BCUT2D eigenvalue weighted by Crippen LogP contribution is -2.57. The van der Waals surface area contributed by atoms with Crippen LogP contribution in [0.3, 0.4) is 0 Å². The van der Waals surface area contributed by atoms with Crippen molar-refractivity contribution in [1.82, 2.24) is 9.80 Å². The number of carboxylic acid groups (broad SMARTS) is 1. The van der Waals surface area contributed by atoms with Crippen LogP contribution in [0.1, 0.15) is 26.7 Å². The van der Waals surface area contributed by atoms with Crippen molar-refractivity contribution >= 4 is 40.5 Å². The Morgan fingerprint density at radius 3 is 2.48 bits per heavy atom. The van der Waals surface area contributed by atoms with E-state index < -0.39 is 16.9 Å². The van der Waals surface area contributed by atoms with Crippen molar-refractivity contribution in [3.05, 3.63) is 0 Å². The van der Waals surface area contributed by atoms with Gasteiger partial charge in [-0.2, -0.15) is 0 Å². The quantitative estimate of drug-likeness (QED) is 0.811. The molecular formula is C15H24N2O4S2. The molecule has 2 fully saturated rings. The van der Waals surface area contributed by atoms with Gasteiger partial charge in [0.15, 0.2) is 5.12 Å². The van der Waals surface area contributed by atoms with Crippen molar-refractivity contribution in [3.63, 3.8) is 0 Å². The molecule has 0 aromatic heterocycles. The maximum atomic E-state index is 12.9. The highest BCUT2D eigenvalue weighted by Gasteiger charge is 2.53. The number of likely N-dealkylation sites (tertiary alicyclic amines) is 1. The molecule has 130 valence electrons. The van der Waals surface area contributed by atoms with Crippen molar-refractivity contribution in [2.24, 2.45) is 5.92 Å². The van der Waals surface area contributed by atoms with Gasteiger partial charge in [0.05, 0.1) is 4.87 Å². The Kier molecular flexibility index (Phi) is 6.02. The van der Waals surface area contributed by atoms with E-state index in [1.807, 2.05) is 7.05 Å². The fourth-order valence-corrected chi connectivity index (χ4v) is 5.32. The maximum absolute atomic E-state index is 12.9. The van der Waals surface area contributed by atoms with Crippen molar-refractivity contribution in [3.8, 4) is 0 Å². The van der Waals surface area contributed by atoms with Crippen molar-refractivity contribution < 1.29 is 19.5 Å². The van der Waals surface area contributed by atoms with Crippen molar-refractivity contribution in [2.45, 2.75) is 37.6 Å². The molecule has 2 aliphatic rings. The van der Waals surface area contributed by atoms with Gasteiger partial charge >= 0.3 is 5.97 Å². The van der Waals surface area contributed by atoms with E-state index in [9.17, 15) is 19.5 Å². The summed E-state index contributed by atoms with van der Waals surface area (Å²) in [6, 6.07) is -0.763. The Morgan fingerprint density at radius 2 is 1.96 bits per heavy atom. The number of aliphatic carboxylic acids is 1. The number of carbonyl (C=O) groups excluding carboxylic acids is 2. The second-order valence-corrected chi connectivity index (χ2v) is 8.91. The van der Waals surface area contributed by atoms with E-state index in [1.165, 1.54) is 6.92 Å². The lowest BCUT2D eigenvalue weighted by atomic mass is 9.99. The molecule has 2 heterocycles. The van der Waals surface area contributed by atoms with Crippen LogP contribution in [0.25, 0.3) is 0 Å². The number of amides is 1. The van der Waals surface area contributed by atoms with Crippen LogP contribution in [0.5, 0.6) is 0 Å². The zero-order valence-corrected chi connectivity index (χ0v) is 15.4. The molecule has 2 saturated heterocycles. The Morgan fingerprint density at radius 1 is 1.35 bits per heavy atom. The highest BCUT2D eigenvalue weighted by molar-refractivity contribution is 8.13. The van der Waals surface area contributed by atoms with Crippen LogP contribution >= 0.6 is 23.5 Å². The summed E-state index contributed by atoms with van der Waals surface area (Å²) < 4.78 is 0. The van der Waals surface area contributed by atoms with Gasteiger partial charge in [0.1, 0.15) is 6.04 Å². The largest absolute Gasteiger partial charge is 0.480 e. The van der Waals surface area contributed by atoms with Gasteiger partial charge in [0, 0.05) is 37.4 Å². The summed E-state index contributed by atoms with van der Waals surface area (Å²) in [6.07, 6.45) is 1.58. The molecule has 0 aromatic rings. The van der Waals surface area contributed by atoms with Gasteiger partial charge in [-0.05, 0) is 19.9 Å². The lowest BCUT2D eigenvalue weighted by Gasteiger charge is -2.45. The van der Waals surface area contributed by atoms with Crippen LogP contribution < -0.4 is 0 Å². The number of piperidine rings is 1. The van der Waals surface area contributed by atoms with Gasteiger partial charge in [0.2, 0.25) is 5.91 Å². The molecule has 0 saturated carbocycles. The average molecular weight is 361 g/mol. The first-order valence-corrected chi connectivity index (χ1v) is 9.76. The predicted octanol–water partition coefficient (Wildman–Crippen LogP) is 1.35. The highest BCUT2D eigenvalue weighted by Crippen LogP contribution is 2.47. The van der Waals surface area contributed by atoms with Gasteiger partial charge < -0.3 is 14.9 Å². The molecule has 2 rings (SSSR count). The molecule has 1 N–H and O–H groups in total. The number of hydrogen-bond acceptors (Lipinski definition) is 6. The molecule has 23 heavy (non-hydrogen) atoms. The lowest BCUT2D eigenvalue weighted by molar-refractivity contribution is -0.153. The molecule has 8 heteroatoms. The number of thioether (sulfide) groups is 2. The number of nitrogens with zero attached hydrogens (tertiary/aromatic N) is 2.